The van der Waals surface area contributed by atoms with Crippen molar-refractivity contribution in [2.24, 2.45) is 0 Å². The van der Waals surface area contributed by atoms with E-state index in [1.54, 1.807) is 0 Å². The zero-order valence-corrected chi connectivity index (χ0v) is 16.3. The Morgan fingerprint density at radius 2 is 1.77 bits per heavy atom. The fraction of sp³-hybridized carbons (Fsp3) is 0.857. The summed E-state index contributed by atoms with van der Waals surface area (Å²) in [5, 5.41) is 50.7. The van der Waals surface area contributed by atoms with Crippen molar-refractivity contribution in [3.8, 4) is 0 Å². The van der Waals surface area contributed by atoms with Crippen molar-refractivity contribution < 1.29 is 66.5 Å². The summed E-state index contributed by atoms with van der Waals surface area (Å²) >= 11 is 0. The van der Waals surface area contributed by atoms with Gasteiger partial charge in [-0.25, -0.2) is 8.98 Å². The molecule has 0 aliphatic carbocycles. The van der Waals surface area contributed by atoms with Crippen molar-refractivity contribution >= 4 is 22.3 Å². The van der Waals surface area contributed by atoms with Crippen LogP contribution in [0.4, 0.5) is 0 Å². The first kappa shape index (κ1) is 24.8. The van der Waals surface area contributed by atoms with Crippen LogP contribution in [0.15, 0.2) is 0 Å². The Bertz CT molecular complexity index is 730. The number of carboxylic acid groups (broad SMARTS) is 1. The number of aliphatic carboxylic acids is 1. The predicted octanol–water partition coefficient (Wildman–Crippen LogP) is -4.65. The number of aliphatic hydroxyl groups excluding tert-OH is 4. The van der Waals surface area contributed by atoms with E-state index in [-0.39, 0.29) is 6.61 Å². The molecule has 1 amide bonds. The van der Waals surface area contributed by atoms with Crippen LogP contribution in [0.25, 0.3) is 0 Å². The van der Waals surface area contributed by atoms with Gasteiger partial charge in [0.2, 0.25) is 5.91 Å². The van der Waals surface area contributed by atoms with E-state index in [9.17, 15) is 38.4 Å². The van der Waals surface area contributed by atoms with E-state index in [1.165, 1.54) is 0 Å². The highest BCUT2D eigenvalue weighted by molar-refractivity contribution is 7.80. The van der Waals surface area contributed by atoms with Gasteiger partial charge in [0.1, 0.15) is 36.6 Å². The van der Waals surface area contributed by atoms with Gasteiger partial charge in [-0.3, -0.25) is 9.35 Å². The second kappa shape index (κ2) is 9.77. The van der Waals surface area contributed by atoms with Gasteiger partial charge in [0.25, 0.3) is 0 Å². The molecule has 2 aliphatic rings. The van der Waals surface area contributed by atoms with Crippen LogP contribution in [0.5, 0.6) is 0 Å². The van der Waals surface area contributed by atoms with Gasteiger partial charge < -0.3 is 45.1 Å². The number of carbonyl (C=O) groups excluding carboxylic acids is 1. The Morgan fingerprint density at radius 3 is 2.27 bits per heavy atom. The first-order valence-electron chi connectivity index (χ1n) is 8.59. The van der Waals surface area contributed by atoms with Crippen molar-refractivity contribution in [1.29, 1.82) is 0 Å². The maximum atomic E-state index is 11.5. The summed E-state index contributed by atoms with van der Waals surface area (Å²) in [4.78, 5) is 22.7. The standard InChI is InChI=1S/C14H23NO14S/c1-4(17)15-5-3-26-6(2-16)11(29-30(23,24)25)10(5)27-14-9(20)7(18)8(19)12(28-14)13(21)22/h5-12,14,16,18-20H,2-3H2,1H3,(H,15,17)(H,21,22)(H,23,24,25). The molecule has 0 bridgehead atoms. The van der Waals surface area contributed by atoms with Crippen LogP contribution < -0.4 is 5.32 Å². The molecule has 0 saturated carbocycles. The summed E-state index contributed by atoms with van der Waals surface area (Å²) in [6, 6.07) is -1.17. The summed E-state index contributed by atoms with van der Waals surface area (Å²) < 4.78 is 51.7. The average molecular weight is 461 g/mol. The van der Waals surface area contributed by atoms with Gasteiger partial charge in [0.15, 0.2) is 12.4 Å². The predicted molar refractivity (Wildman–Crippen MR) is 90.0 cm³/mol. The number of hydrogen-bond donors (Lipinski definition) is 7. The molecule has 2 saturated heterocycles. The smallest absolute Gasteiger partial charge is 0.397 e. The van der Waals surface area contributed by atoms with Crippen molar-refractivity contribution in [3.63, 3.8) is 0 Å². The second-order valence-electron chi connectivity index (χ2n) is 6.69. The topological polar surface area (TPSA) is 239 Å². The summed E-state index contributed by atoms with van der Waals surface area (Å²) in [6.45, 7) is -0.0302. The number of nitrogens with one attached hydrogen (secondary N) is 1. The second-order valence-corrected chi connectivity index (χ2v) is 7.73. The molecule has 0 aromatic carbocycles. The molecule has 0 spiro atoms. The summed E-state index contributed by atoms with van der Waals surface area (Å²) in [6.07, 6.45) is -14.7. The van der Waals surface area contributed by atoms with E-state index in [4.69, 9.17) is 23.9 Å². The fourth-order valence-electron chi connectivity index (χ4n) is 3.15. The van der Waals surface area contributed by atoms with Crippen molar-refractivity contribution in [3.05, 3.63) is 0 Å². The SMILES string of the molecule is CC(=O)NC1COC(CO)C(OS(=O)(=O)O)C1OC1OC(C(=O)O)C(O)C(O)C1O. The zero-order chi connectivity index (χ0) is 22.8. The number of carbonyl (C=O) groups is 2. The van der Waals surface area contributed by atoms with E-state index in [1.807, 2.05) is 0 Å². The van der Waals surface area contributed by atoms with Gasteiger partial charge in [-0.2, -0.15) is 8.42 Å². The van der Waals surface area contributed by atoms with E-state index in [0.717, 1.165) is 6.92 Å². The molecule has 9 atom stereocenters. The zero-order valence-electron chi connectivity index (χ0n) is 15.5. The molecule has 0 radical (unpaired) electrons. The maximum Gasteiger partial charge on any atom is 0.397 e. The van der Waals surface area contributed by atoms with Crippen LogP contribution in [0.2, 0.25) is 0 Å². The van der Waals surface area contributed by atoms with Gasteiger partial charge in [0, 0.05) is 6.92 Å². The first-order chi connectivity index (χ1) is 13.9. The lowest BCUT2D eigenvalue weighted by Gasteiger charge is -2.45. The van der Waals surface area contributed by atoms with Crippen molar-refractivity contribution in [2.45, 2.75) is 62.0 Å². The molecule has 2 aliphatic heterocycles. The Hall–Kier alpha value is -1.47. The largest absolute Gasteiger partial charge is 0.479 e. The molecule has 9 unspecified atom stereocenters. The Balaban J connectivity index is 2.36. The molecular weight excluding hydrogens is 438 g/mol. The van der Waals surface area contributed by atoms with E-state index < -0.39 is 83.9 Å². The lowest BCUT2D eigenvalue weighted by atomic mass is 9.96. The highest BCUT2D eigenvalue weighted by atomic mass is 32.3. The minimum absolute atomic E-state index is 0.336. The Labute approximate surface area is 170 Å². The molecule has 2 rings (SSSR count). The van der Waals surface area contributed by atoms with E-state index in [0.29, 0.717) is 0 Å². The summed E-state index contributed by atoms with van der Waals surface area (Å²) in [5.41, 5.74) is 0. The van der Waals surface area contributed by atoms with Gasteiger partial charge >= 0.3 is 16.4 Å². The fourth-order valence-corrected chi connectivity index (χ4v) is 3.66. The molecule has 30 heavy (non-hydrogen) atoms. The summed E-state index contributed by atoms with van der Waals surface area (Å²) in [7, 11) is -5.12. The van der Waals surface area contributed by atoms with Crippen molar-refractivity contribution in [1.82, 2.24) is 5.32 Å². The molecule has 174 valence electrons. The highest BCUT2D eigenvalue weighted by Gasteiger charge is 2.52. The monoisotopic (exact) mass is 461 g/mol. The molecule has 15 nitrogen and oxygen atoms in total. The third kappa shape index (κ3) is 5.82. The van der Waals surface area contributed by atoms with Crippen LogP contribution >= 0.6 is 0 Å². The number of rotatable bonds is 7. The number of ether oxygens (including phenoxy) is 3. The van der Waals surface area contributed by atoms with E-state index >= 15 is 0 Å². The number of hydrogen-bond acceptors (Lipinski definition) is 12. The third-order valence-electron chi connectivity index (χ3n) is 4.48. The van der Waals surface area contributed by atoms with Gasteiger partial charge in [-0.05, 0) is 0 Å². The van der Waals surface area contributed by atoms with Gasteiger partial charge in [-0.15, -0.1) is 0 Å². The third-order valence-corrected chi connectivity index (χ3v) is 4.95. The molecule has 0 aromatic heterocycles. The number of amides is 1. The maximum absolute atomic E-state index is 11.5. The Morgan fingerprint density at radius 1 is 1.13 bits per heavy atom. The molecular formula is C14H23NO14S. The minimum atomic E-state index is -5.12. The normalized spacial score (nSPS) is 40.0. The molecule has 7 N–H and O–H groups in total. The summed E-state index contributed by atoms with van der Waals surface area (Å²) in [5.74, 6) is -2.30. The average Bonchev–Trinajstić information content (AvgIpc) is 2.62. The van der Waals surface area contributed by atoms with Crippen LogP contribution in [0.3, 0.4) is 0 Å². The number of aliphatic hydroxyl groups is 4. The lowest BCUT2D eigenvalue weighted by Crippen LogP contribution is -2.66. The molecule has 2 heterocycles. The molecule has 0 aromatic rings. The molecule has 16 heteroatoms. The van der Waals surface area contributed by atoms with Crippen LogP contribution in [0, 0.1) is 0 Å². The number of carboxylic acids is 1. The van der Waals surface area contributed by atoms with Crippen LogP contribution in [0.1, 0.15) is 6.92 Å². The van der Waals surface area contributed by atoms with E-state index in [2.05, 4.69) is 9.50 Å². The van der Waals surface area contributed by atoms with Gasteiger partial charge in [0.05, 0.1) is 19.3 Å². The lowest BCUT2D eigenvalue weighted by molar-refractivity contribution is -0.320. The Kier molecular flexibility index (Phi) is 8.08. The van der Waals surface area contributed by atoms with Crippen LogP contribution in [-0.4, -0.2) is 119 Å². The van der Waals surface area contributed by atoms with Gasteiger partial charge in [-0.1, -0.05) is 0 Å². The molecule has 2 fully saturated rings. The quantitative estimate of drug-likeness (QED) is 0.176. The highest BCUT2D eigenvalue weighted by Crippen LogP contribution is 2.29. The minimum Gasteiger partial charge on any atom is -0.479 e. The first-order valence-corrected chi connectivity index (χ1v) is 9.95. The van der Waals surface area contributed by atoms with Crippen molar-refractivity contribution in [2.75, 3.05) is 13.2 Å². The van der Waals surface area contributed by atoms with Crippen LogP contribution in [-0.2, 0) is 38.4 Å².